The number of aromatic nitrogens is 1. The summed E-state index contributed by atoms with van der Waals surface area (Å²) >= 11 is 4.55. The predicted octanol–water partition coefficient (Wildman–Crippen LogP) is 4.11. The van der Waals surface area contributed by atoms with Crippen molar-refractivity contribution in [1.29, 1.82) is 0 Å². The normalized spacial score (nSPS) is 10.8. The van der Waals surface area contributed by atoms with Gasteiger partial charge in [-0.15, -0.1) is 0 Å². The third-order valence-corrected chi connectivity index (χ3v) is 4.80. The van der Waals surface area contributed by atoms with Crippen LogP contribution in [0.1, 0.15) is 0 Å². The monoisotopic (exact) mass is 308 g/mol. The smallest absolute Gasteiger partial charge is 0.249 e. The summed E-state index contributed by atoms with van der Waals surface area (Å²) in [7, 11) is 0. The highest BCUT2D eigenvalue weighted by molar-refractivity contribution is 8.02. The Morgan fingerprint density at radius 3 is 2.84 bits per heavy atom. The van der Waals surface area contributed by atoms with E-state index in [1.807, 2.05) is 36.6 Å². The fraction of sp³-hybridized carbons (Fsp3) is 0.0769. The molecule has 0 fully saturated rings. The molecule has 6 heteroatoms. The van der Waals surface area contributed by atoms with Gasteiger partial charge in [0.1, 0.15) is 5.00 Å². The molecule has 0 unspecified atom stereocenters. The summed E-state index contributed by atoms with van der Waals surface area (Å²) in [6.07, 6.45) is 5.16. The molecule has 0 saturated heterocycles. The second-order valence-corrected chi connectivity index (χ2v) is 6.48. The molecule has 0 saturated carbocycles. The molecule has 3 nitrogen and oxygen atoms in total. The third-order valence-electron chi connectivity index (χ3n) is 2.07. The summed E-state index contributed by atoms with van der Waals surface area (Å²) in [6, 6.07) is 9.91. The number of benzene rings is 1. The lowest BCUT2D eigenvalue weighted by molar-refractivity contribution is -0.111. The van der Waals surface area contributed by atoms with Gasteiger partial charge in [0.2, 0.25) is 5.91 Å². The van der Waals surface area contributed by atoms with E-state index in [0.717, 1.165) is 14.2 Å². The molecule has 0 spiro atoms. The largest absolute Gasteiger partial charge is 0.313 e. The van der Waals surface area contributed by atoms with Crippen LogP contribution in [0.2, 0.25) is 0 Å². The molecule has 1 aromatic carbocycles. The van der Waals surface area contributed by atoms with Crippen molar-refractivity contribution in [1.82, 2.24) is 4.98 Å². The molecule has 1 heterocycles. The molecule has 1 aromatic heterocycles. The van der Waals surface area contributed by atoms with Crippen LogP contribution < -0.4 is 5.32 Å². The molecule has 0 atom stereocenters. The third kappa shape index (κ3) is 4.74. The molecule has 0 bridgehead atoms. The van der Waals surface area contributed by atoms with Crippen molar-refractivity contribution in [3.63, 3.8) is 0 Å². The maximum Gasteiger partial charge on any atom is 0.249 e. The van der Waals surface area contributed by atoms with E-state index in [0.29, 0.717) is 0 Å². The highest BCUT2D eigenvalue weighted by Crippen LogP contribution is 2.25. The maximum atomic E-state index is 11.7. The first-order valence-corrected chi connectivity index (χ1v) is 8.39. The van der Waals surface area contributed by atoms with Crippen LogP contribution in [0, 0.1) is 0 Å². The molecule has 2 aromatic rings. The van der Waals surface area contributed by atoms with Crippen LogP contribution in [0.4, 0.5) is 5.00 Å². The molecular weight excluding hydrogens is 296 g/mol. The number of anilines is 1. The molecule has 2 rings (SSSR count). The fourth-order valence-electron chi connectivity index (χ4n) is 1.25. The minimum atomic E-state index is -0.139. The van der Waals surface area contributed by atoms with Gasteiger partial charge < -0.3 is 5.32 Å². The average molecular weight is 308 g/mol. The van der Waals surface area contributed by atoms with Gasteiger partial charge in [0.15, 0.2) is 4.34 Å². The van der Waals surface area contributed by atoms with Gasteiger partial charge in [-0.25, -0.2) is 4.98 Å². The summed E-state index contributed by atoms with van der Waals surface area (Å²) in [5.41, 5.74) is 0. The number of thiazole rings is 1. The minimum absolute atomic E-state index is 0.139. The SMILES string of the molecule is CSc1ncc(NC(=O)/C=C\Sc2ccccc2)s1. The van der Waals surface area contributed by atoms with Crippen LogP contribution in [0.25, 0.3) is 0 Å². The topological polar surface area (TPSA) is 42.0 Å². The Hall–Kier alpha value is -1.24. The first kappa shape index (κ1) is 14.2. The number of nitrogens with zero attached hydrogens (tertiary/aromatic N) is 1. The van der Waals surface area contributed by atoms with Gasteiger partial charge in [-0.3, -0.25) is 4.79 Å². The van der Waals surface area contributed by atoms with E-state index in [1.165, 1.54) is 29.2 Å². The molecule has 0 radical (unpaired) electrons. The lowest BCUT2D eigenvalue weighted by Crippen LogP contribution is -2.05. The Labute approximate surface area is 124 Å². The van der Waals surface area contributed by atoms with Gasteiger partial charge in [0.05, 0.1) is 6.20 Å². The van der Waals surface area contributed by atoms with Crippen LogP contribution in [-0.4, -0.2) is 17.1 Å². The first-order valence-electron chi connectivity index (χ1n) is 5.47. The number of amides is 1. The van der Waals surface area contributed by atoms with Crippen molar-refractivity contribution in [2.24, 2.45) is 0 Å². The van der Waals surface area contributed by atoms with Crippen LogP contribution in [0.5, 0.6) is 0 Å². The molecule has 1 N–H and O–H groups in total. The minimum Gasteiger partial charge on any atom is -0.313 e. The number of rotatable bonds is 5. The van der Waals surface area contributed by atoms with Crippen LogP contribution in [-0.2, 0) is 4.79 Å². The Bertz CT molecular complexity index is 566. The van der Waals surface area contributed by atoms with E-state index in [2.05, 4.69) is 10.3 Å². The second kappa shape index (κ2) is 7.37. The van der Waals surface area contributed by atoms with Crippen LogP contribution in [0.3, 0.4) is 0 Å². The second-order valence-electron chi connectivity index (χ2n) is 3.42. The average Bonchev–Trinajstić information content (AvgIpc) is 2.87. The van der Waals surface area contributed by atoms with Gasteiger partial charge in [-0.2, -0.15) is 0 Å². The van der Waals surface area contributed by atoms with Crippen molar-refractivity contribution in [2.45, 2.75) is 9.24 Å². The van der Waals surface area contributed by atoms with Gasteiger partial charge in [-0.05, 0) is 23.8 Å². The van der Waals surface area contributed by atoms with Crippen molar-refractivity contribution < 1.29 is 4.79 Å². The molecule has 1 amide bonds. The Morgan fingerprint density at radius 2 is 2.16 bits per heavy atom. The van der Waals surface area contributed by atoms with E-state index in [1.54, 1.807) is 23.4 Å². The zero-order valence-electron chi connectivity index (χ0n) is 10.2. The Balaban J connectivity index is 1.84. The number of carbonyl (C=O) groups excluding carboxylic acids is 1. The van der Waals surface area contributed by atoms with Crippen molar-refractivity contribution in [3.05, 3.63) is 48.0 Å². The number of nitrogens with one attached hydrogen (secondary N) is 1. The summed E-state index contributed by atoms with van der Waals surface area (Å²) in [4.78, 5) is 16.9. The summed E-state index contributed by atoms with van der Waals surface area (Å²) in [5, 5.41) is 5.33. The van der Waals surface area contributed by atoms with Crippen LogP contribution in [0.15, 0.2) is 57.2 Å². The Morgan fingerprint density at radius 1 is 1.37 bits per heavy atom. The van der Waals surface area contributed by atoms with E-state index in [4.69, 9.17) is 0 Å². The van der Waals surface area contributed by atoms with Gasteiger partial charge in [0.25, 0.3) is 0 Å². The quantitative estimate of drug-likeness (QED) is 0.667. The van der Waals surface area contributed by atoms with Gasteiger partial charge >= 0.3 is 0 Å². The molecule has 19 heavy (non-hydrogen) atoms. The number of hydrogen-bond acceptors (Lipinski definition) is 5. The fourth-order valence-corrected chi connectivity index (χ4v) is 3.22. The maximum absolute atomic E-state index is 11.7. The summed E-state index contributed by atoms with van der Waals surface area (Å²) in [6.45, 7) is 0. The molecule has 98 valence electrons. The standard InChI is InChI=1S/C13H12N2OS3/c1-17-13-14-9-12(19-13)15-11(16)7-8-18-10-5-3-2-4-6-10/h2-9H,1H3,(H,15,16)/b8-7-. The highest BCUT2D eigenvalue weighted by atomic mass is 32.2. The van der Waals surface area contributed by atoms with E-state index >= 15 is 0 Å². The van der Waals surface area contributed by atoms with Crippen molar-refractivity contribution in [2.75, 3.05) is 11.6 Å². The van der Waals surface area contributed by atoms with E-state index < -0.39 is 0 Å². The zero-order chi connectivity index (χ0) is 13.5. The van der Waals surface area contributed by atoms with Crippen LogP contribution >= 0.6 is 34.9 Å². The summed E-state index contributed by atoms with van der Waals surface area (Å²) in [5.74, 6) is -0.139. The highest BCUT2D eigenvalue weighted by Gasteiger charge is 2.02. The van der Waals surface area contributed by atoms with E-state index in [-0.39, 0.29) is 5.91 Å². The summed E-state index contributed by atoms with van der Waals surface area (Å²) < 4.78 is 0.943. The molecular formula is C13H12N2OS3. The predicted molar refractivity (Wildman–Crippen MR) is 84.0 cm³/mol. The van der Waals surface area contributed by atoms with E-state index in [9.17, 15) is 4.79 Å². The zero-order valence-corrected chi connectivity index (χ0v) is 12.6. The van der Waals surface area contributed by atoms with Crippen molar-refractivity contribution >= 4 is 45.8 Å². The number of carbonyl (C=O) groups is 1. The Kier molecular flexibility index (Phi) is 5.50. The lowest BCUT2D eigenvalue weighted by atomic mass is 10.4. The number of thioether (sulfide) groups is 2. The lowest BCUT2D eigenvalue weighted by Gasteiger charge is -1.96. The number of hydrogen-bond donors (Lipinski definition) is 1. The first-order chi connectivity index (χ1) is 9.28. The molecule has 0 aliphatic heterocycles. The molecule has 0 aliphatic carbocycles. The molecule has 0 aliphatic rings. The van der Waals surface area contributed by atoms with Gasteiger partial charge in [0, 0.05) is 11.0 Å². The van der Waals surface area contributed by atoms with Crippen molar-refractivity contribution in [3.8, 4) is 0 Å². The van der Waals surface area contributed by atoms with Gasteiger partial charge in [-0.1, -0.05) is 53.1 Å².